The van der Waals surface area contributed by atoms with Gasteiger partial charge in [0, 0.05) is 48.3 Å². The molecule has 12 heteroatoms. The Labute approximate surface area is 238 Å². The Balaban J connectivity index is 1.72. The number of aromatic nitrogens is 2. The van der Waals surface area contributed by atoms with Crippen molar-refractivity contribution in [2.75, 3.05) is 25.5 Å². The number of hydrogen-bond acceptors (Lipinski definition) is 4. The largest absolute Gasteiger partial charge is 0.416 e. The van der Waals surface area contributed by atoms with E-state index in [-0.39, 0.29) is 11.6 Å². The molecule has 1 aromatic heterocycles. The molecule has 7 nitrogen and oxygen atoms in total. The molecule has 220 valence electrons. The minimum Gasteiger partial charge on any atom is -0.348 e. The summed E-state index contributed by atoms with van der Waals surface area (Å²) in [6, 6.07) is 6.39. The number of carbonyl (C=O) groups excluding carboxylic acids is 2. The van der Waals surface area contributed by atoms with Gasteiger partial charge < -0.3 is 15.5 Å². The summed E-state index contributed by atoms with van der Waals surface area (Å²) in [5.41, 5.74) is 1.78. The molecule has 2 N–H and O–H groups in total. The van der Waals surface area contributed by atoms with Crippen LogP contribution in [0.5, 0.6) is 0 Å². The first-order valence-corrected chi connectivity index (χ1v) is 13.1. The molecule has 3 aromatic carbocycles. The second kappa shape index (κ2) is 10.8. The lowest BCUT2D eigenvalue weighted by Gasteiger charge is -2.36. The molecule has 1 unspecified atom stereocenters. The summed E-state index contributed by atoms with van der Waals surface area (Å²) < 4.78 is 70.5. The third kappa shape index (κ3) is 5.34. The molecule has 1 aliphatic heterocycles. The van der Waals surface area contributed by atoms with Crippen molar-refractivity contribution in [1.82, 2.24) is 20.0 Å². The predicted molar refractivity (Wildman–Crippen MR) is 147 cm³/mol. The van der Waals surface area contributed by atoms with Crippen molar-refractivity contribution in [3.8, 4) is 0 Å². The number of aryl methyl sites for hydroxylation is 3. The van der Waals surface area contributed by atoms with Gasteiger partial charge in [-0.05, 0) is 74.0 Å². The molecule has 1 saturated heterocycles. The Morgan fingerprint density at radius 3 is 2.40 bits per heavy atom. The Bertz CT molecular complexity index is 1710. The van der Waals surface area contributed by atoms with Crippen molar-refractivity contribution in [2.24, 2.45) is 7.05 Å². The lowest BCUT2D eigenvalue weighted by molar-refractivity contribution is -0.137. The standard InChI is InChI=1S/C30H28F5N5O2/c1-15-5-6-20(31)10-22(15)27(36-14-41)25-16(2)26-23(28(40(4)38-26)18-12-39(3)13-18)11-24(25)37-29(42)17-7-19(30(33,34)35)9-21(32)8-17/h5-11,14,18,27H,12-13H2,1-4H3,(H,36,41)(H,37,42). The van der Waals surface area contributed by atoms with Crippen molar-refractivity contribution in [2.45, 2.75) is 32.0 Å². The molecular weight excluding hydrogens is 557 g/mol. The summed E-state index contributed by atoms with van der Waals surface area (Å²) in [6.45, 7) is 5.03. The van der Waals surface area contributed by atoms with E-state index in [1.165, 1.54) is 12.1 Å². The molecular formula is C30H28F5N5O2. The molecule has 0 saturated carbocycles. The number of nitrogens with zero attached hydrogens (tertiary/aromatic N) is 3. The molecule has 1 aliphatic rings. The first-order chi connectivity index (χ1) is 19.8. The number of halogens is 5. The summed E-state index contributed by atoms with van der Waals surface area (Å²) in [4.78, 5) is 27.3. The van der Waals surface area contributed by atoms with Gasteiger partial charge in [-0.25, -0.2) is 8.78 Å². The van der Waals surface area contributed by atoms with Crippen LogP contribution in [0, 0.1) is 25.5 Å². The van der Waals surface area contributed by atoms with Gasteiger partial charge in [-0.15, -0.1) is 0 Å². The highest BCUT2D eigenvalue weighted by atomic mass is 19.4. The van der Waals surface area contributed by atoms with Gasteiger partial charge in [0.15, 0.2) is 0 Å². The topological polar surface area (TPSA) is 79.3 Å². The van der Waals surface area contributed by atoms with Gasteiger partial charge in [-0.2, -0.15) is 18.3 Å². The smallest absolute Gasteiger partial charge is 0.348 e. The molecule has 1 atom stereocenters. The zero-order chi connectivity index (χ0) is 30.5. The number of nitrogens with one attached hydrogen (secondary N) is 2. The van der Waals surface area contributed by atoms with Crippen LogP contribution in [0.1, 0.15) is 55.8 Å². The number of benzene rings is 3. The summed E-state index contributed by atoms with van der Waals surface area (Å²) in [5.74, 6) is -2.62. The van der Waals surface area contributed by atoms with Crippen LogP contribution in [0.25, 0.3) is 10.9 Å². The maximum absolute atomic E-state index is 14.4. The Morgan fingerprint density at radius 2 is 1.76 bits per heavy atom. The summed E-state index contributed by atoms with van der Waals surface area (Å²) in [6.07, 6.45) is -4.42. The second-order valence-electron chi connectivity index (χ2n) is 10.7. The quantitative estimate of drug-likeness (QED) is 0.219. The van der Waals surface area contributed by atoms with Gasteiger partial charge in [0.05, 0.1) is 22.8 Å². The van der Waals surface area contributed by atoms with Gasteiger partial charge in [-0.3, -0.25) is 14.3 Å². The van der Waals surface area contributed by atoms with Crippen LogP contribution in [0.15, 0.2) is 42.5 Å². The Hall–Kier alpha value is -4.32. The van der Waals surface area contributed by atoms with E-state index in [1.54, 1.807) is 37.7 Å². The highest BCUT2D eigenvalue weighted by Gasteiger charge is 2.34. The predicted octanol–water partition coefficient (Wildman–Crippen LogP) is 5.60. The molecule has 1 fully saturated rings. The molecule has 0 bridgehead atoms. The van der Waals surface area contributed by atoms with Gasteiger partial charge in [0.1, 0.15) is 11.6 Å². The molecule has 5 rings (SSSR count). The van der Waals surface area contributed by atoms with E-state index in [4.69, 9.17) is 5.10 Å². The van der Waals surface area contributed by atoms with E-state index in [0.29, 0.717) is 57.8 Å². The number of rotatable bonds is 7. The van der Waals surface area contributed by atoms with Crippen molar-refractivity contribution in [1.29, 1.82) is 0 Å². The van der Waals surface area contributed by atoms with Gasteiger partial charge in [0.25, 0.3) is 5.91 Å². The SMILES string of the molecule is Cc1ccc(F)cc1C(NC=O)c1c(NC(=O)c2cc(F)cc(C(F)(F)F)c2)cc2c(C3CN(C)C3)n(C)nc2c1C. The van der Waals surface area contributed by atoms with Crippen LogP contribution in [0.2, 0.25) is 0 Å². The minimum absolute atomic E-state index is 0.144. The summed E-state index contributed by atoms with van der Waals surface area (Å²) in [5, 5.41) is 10.8. The maximum atomic E-state index is 14.4. The minimum atomic E-state index is -4.87. The average molecular weight is 586 g/mol. The molecule has 0 aliphatic carbocycles. The fourth-order valence-electron chi connectivity index (χ4n) is 5.75. The third-order valence-electron chi connectivity index (χ3n) is 7.73. The first kappa shape index (κ1) is 29.2. The molecule has 42 heavy (non-hydrogen) atoms. The zero-order valence-corrected chi connectivity index (χ0v) is 23.2. The molecule has 2 amide bonds. The number of likely N-dealkylation sites (N-methyl/N-ethyl adjacent to an activating group) is 1. The number of likely N-dealkylation sites (tertiary alicyclic amines) is 1. The van der Waals surface area contributed by atoms with E-state index >= 15 is 0 Å². The van der Waals surface area contributed by atoms with Gasteiger partial charge >= 0.3 is 6.18 Å². The molecule has 0 radical (unpaired) electrons. The van der Waals surface area contributed by atoms with Crippen LogP contribution in [0.3, 0.4) is 0 Å². The highest BCUT2D eigenvalue weighted by Crippen LogP contribution is 2.41. The van der Waals surface area contributed by atoms with Crippen molar-refractivity contribution in [3.63, 3.8) is 0 Å². The third-order valence-corrected chi connectivity index (χ3v) is 7.73. The summed E-state index contributed by atoms with van der Waals surface area (Å²) >= 11 is 0. The zero-order valence-electron chi connectivity index (χ0n) is 23.2. The maximum Gasteiger partial charge on any atom is 0.416 e. The van der Waals surface area contributed by atoms with E-state index < -0.39 is 40.9 Å². The number of hydrogen-bond donors (Lipinski definition) is 2. The summed E-state index contributed by atoms with van der Waals surface area (Å²) in [7, 11) is 3.78. The average Bonchev–Trinajstić information content (AvgIpc) is 3.22. The second-order valence-corrected chi connectivity index (χ2v) is 10.7. The lowest BCUT2D eigenvalue weighted by Crippen LogP contribution is -2.42. The fourth-order valence-corrected chi connectivity index (χ4v) is 5.75. The fraction of sp³-hybridized carbons (Fsp3) is 0.300. The molecule has 2 heterocycles. The van der Waals surface area contributed by atoms with E-state index in [2.05, 4.69) is 15.5 Å². The number of alkyl halides is 3. The van der Waals surface area contributed by atoms with Crippen LogP contribution < -0.4 is 10.6 Å². The van der Waals surface area contributed by atoms with Crippen LogP contribution in [0.4, 0.5) is 27.6 Å². The van der Waals surface area contributed by atoms with Crippen LogP contribution in [-0.2, 0) is 18.0 Å². The van der Waals surface area contributed by atoms with Crippen molar-refractivity contribution >= 4 is 28.9 Å². The Morgan fingerprint density at radius 1 is 1.05 bits per heavy atom. The van der Waals surface area contributed by atoms with Gasteiger partial charge in [0.2, 0.25) is 6.41 Å². The Kier molecular flexibility index (Phi) is 7.52. The lowest BCUT2D eigenvalue weighted by atomic mass is 9.87. The molecule has 0 spiro atoms. The van der Waals surface area contributed by atoms with Crippen molar-refractivity contribution < 1.29 is 31.5 Å². The normalized spacial score (nSPS) is 15.0. The van der Waals surface area contributed by atoms with Crippen LogP contribution >= 0.6 is 0 Å². The van der Waals surface area contributed by atoms with Crippen molar-refractivity contribution in [3.05, 3.63) is 93.2 Å². The van der Waals surface area contributed by atoms with Gasteiger partial charge in [-0.1, -0.05) is 6.07 Å². The number of fused-ring (bicyclic) bond motifs is 1. The number of amides is 2. The van der Waals surface area contributed by atoms with E-state index in [1.807, 2.05) is 7.05 Å². The van der Waals surface area contributed by atoms with Crippen LogP contribution in [-0.4, -0.2) is 47.1 Å². The van der Waals surface area contributed by atoms with E-state index in [9.17, 15) is 31.5 Å². The monoisotopic (exact) mass is 585 g/mol. The first-order valence-electron chi connectivity index (χ1n) is 13.1. The number of carbonyl (C=O) groups is 2. The van der Waals surface area contributed by atoms with E-state index in [0.717, 1.165) is 18.8 Å². The highest BCUT2D eigenvalue weighted by molar-refractivity contribution is 6.06. The molecule has 4 aromatic rings. The number of anilines is 1.